The van der Waals surface area contributed by atoms with Crippen LogP contribution in [-0.2, 0) is 16.6 Å². The molecule has 0 aliphatic rings. The second-order valence-electron chi connectivity index (χ2n) is 6.34. The van der Waals surface area contributed by atoms with E-state index in [-0.39, 0.29) is 24.0 Å². The molecule has 3 N–H and O–H groups in total. The van der Waals surface area contributed by atoms with Gasteiger partial charge in [0.15, 0.2) is 5.96 Å². The molecule has 8 nitrogen and oxygen atoms in total. The largest absolute Gasteiger partial charge is 0.356 e. The predicted octanol–water partition coefficient (Wildman–Crippen LogP) is 1.71. The average Bonchev–Trinajstić information content (AvgIpc) is 2.94. The third kappa shape index (κ3) is 7.76. The van der Waals surface area contributed by atoms with Crippen molar-refractivity contribution >= 4 is 40.0 Å². The summed E-state index contributed by atoms with van der Waals surface area (Å²) in [6, 6.07) is 10.2. The molecular formula is C18H29IN6O2S. The minimum Gasteiger partial charge on any atom is -0.356 e. The van der Waals surface area contributed by atoms with Gasteiger partial charge in [0.2, 0.25) is 10.0 Å². The van der Waals surface area contributed by atoms with Crippen molar-refractivity contribution in [3.05, 3.63) is 47.3 Å². The molecule has 0 unspecified atom stereocenters. The van der Waals surface area contributed by atoms with Crippen LogP contribution in [0.3, 0.4) is 0 Å². The molecule has 1 heterocycles. The van der Waals surface area contributed by atoms with Gasteiger partial charge in [-0.25, -0.2) is 17.8 Å². The molecule has 0 spiro atoms. The van der Waals surface area contributed by atoms with Crippen LogP contribution in [0.4, 0.5) is 0 Å². The molecule has 0 saturated heterocycles. The maximum atomic E-state index is 11.0. The van der Waals surface area contributed by atoms with Gasteiger partial charge >= 0.3 is 0 Å². The molecule has 0 saturated carbocycles. The third-order valence-corrected chi connectivity index (χ3v) is 4.64. The highest BCUT2D eigenvalue weighted by molar-refractivity contribution is 14.0. The summed E-state index contributed by atoms with van der Waals surface area (Å²) in [4.78, 5) is 4.21. The smallest absolute Gasteiger partial charge is 0.208 e. The van der Waals surface area contributed by atoms with Crippen LogP contribution in [0.25, 0.3) is 5.69 Å². The van der Waals surface area contributed by atoms with E-state index in [1.807, 2.05) is 36.7 Å². The lowest BCUT2D eigenvalue weighted by atomic mass is 10.1. The second kappa shape index (κ2) is 11.4. The molecule has 0 radical (unpaired) electrons. The van der Waals surface area contributed by atoms with Crippen LogP contribution in [0, 0.1) is 13.8 Å². The van der Waals surface area contributed by atoms with Crippen LogP contribution >= 0.6 is 24.0 Å². The lowest BCUT2D eigenvalue weighted by Gasteiger charge is -2.15. The van der Waals surface area contributed by atoms with Crippen molar-refractivity contribution in [3.63, 3.8) is 0 Å². The molecule has 0 amide bonds. The quantitative estimate of drug-likeness (QED) is 0.213. The van der Waals surface area contributed by atoms with Crippen molar-refractivity contribution in [1.82, 2.24) is 25.1 Å². The first-order chi connectivity index (χ1) is 12.8. The van der Waals surface area contributed by atoms with Crippen molar-refractivity contribution in [2.45, 2.75) is 26.8 Å². The summed E-state index contributed by atoms with van der Waals surface area (Å²) in [5.41, 5.74) is 4.20. The molecule has 2 aromatic rings. The molecule has 28 heavy (non-hydrogen) atoms. The first-order valence-corrected chi connectivity index (χ1v) is 10.7. The fourth-order valence-corrected chi connectivity index (χ4v) is 3.21. The van der Waals surface area contributed by atoms with Gasteiger partial charge in [0.1, 0.15) is 0 Å². The number of halogens is 1. The van der Waals surface area contributed by atoms with Gasteiger partial charge in [-0.15, -0.1) is 24.0 Å². The Kier molecular flexibility index (Phi) is 9.90. The molecule has 0 fully saturated rings. The lowest BCUT2D eigenvalue weighted by Crippen LogP contribution is -2.38. The Morgan fingerprint density at radius 3 is 2.50 bits per heavy atom. The number of guanidine groups is 1. The van der Waals surface area contributed by atoms with Crippen LogP contribution in [0.2, 0.25) is 0 Å². The molecule has 1 aromatic carbocycles. The van der Waals surface area contributed by atoms with E-state index in [1.165, 1.54) is 0 Å². The van der Waals surface area contributed by atoms with Crippen LogP contribution < -0.4 is 15.4 Å². The van der Waals surface area contributed by atoms with Gasteiger partial charge in [-0.05, 0) is 38.0 Å². The Bertz CT molecular complexity index is 895. The summed E-state index contributed by atoms with van der Waals surface area (Å²) in [6.07, 6.45) is 1.82. The number of para-hydroxylation sites is 1. The Hall–Kier alpha value is -1.66. The predicted molar refractivity (Wildman–Crippen MR) is 124 cm³/mol. The van der Waals surface area contributed by atoms with Crippen molar-refractivity contribution < 1.29 is 8.42 Å². The number of rotatable bonds is 8. The van der Waals surface area contributed by atoms with Crippen LogP contribution in [0.1, 0.15) is 23.4 Å². The maximum absolute atomic E-state index is 11.0. The number of sulfonamides is 1. The highest BCUT2D eigenvalue weighted by Crippen LogP contribution is 2.16. The Labute approximate surface area is 184 Å². The number of nitrogens with one attached hydrogen (secondary N) is 3. The molecule has 10 heteroatoms. The van der Waals surface area contributed by atoms with Gasteiger partial charge in [-0.3, -0.25) is 4.99 Å². The molecule has 0 atom stereocenters. The van der Waals surface area contributed by atoms with E-state index in [1.54, 1.807) is 7.05 Å². The van der Waals surface area contributed by atoms with Crippen molar-refractivity contribution in [2.24, 2.45) is 4.99 Å². The summed E-state index contributed by atoms with van der Waals surface area (Å²) in [7, 11) is -1.44. The van der Waals surface area contributed by atoms with Crippen molar-refractivity contribution in [3.8, 4) is 5.69 Å². The van der Waals surface area contributed by atoms with Crippen molar-refractivity contribution in [1.29, 1.82) is 0 Å². The average molecular weight is 520 g/mol. The number of nitrogens with zero attached hydrogens (tertiary/aromatic N) is 3. The summed E-state index contributed by atoms with van der Waals surface area (Å²) >= 11 is 0. The van der Waals surface area contributed by atoms with Crippen LogP contribution in [0.15, 0.2) is 35.3 Å². The van der Waals surface area contributed by atoms with Crippen LogP contribution in [-0.4, -0.2) is 50.6 Å². The zero-order chi connectivity index (χ0) is 19.9. The third-order valence-electron chi connectivity index (χ3n) is 3.91. The number of hydrogen-bond acceptors (Lipinski definition) is 4. The van der Waals surface area contributed by atoms with E-state index in [4.69, 9.17) is 0 Å². The number of benzene rings is 1. The summed E-state index contributed by atoms with van der Waals surface area (Å²) in [5.74, 6) is 0.664. The van der Waals surface area contributed by atoms with E-state index in [2.05, 4.69) is 37.6 Å². The van der Waals surface area contributed by atoms with E-state index in [0.717, 1.165) is 28.9 Å². The fraction of sp³-hybridized carbons (Fsp3) is 0.444. The Morgan fingerprint density at radius 1 is 1.18 bits per heavy atom. The molecule has 0 bridgehead atoms. The minimum atomic E-state index is -3.14. The van der Waals surface area contributed by atoms with E-state index < -0.39 is 10.0 Å². The van der Waals surface area contributed by atoms with Gasteiger partial charge in [0, 0.05) is 32.4 Å². The second-order valence-corrected chi connectivity index (χ2v) is 8.17. The monoisotopic (exact) mass is 520 g/mol. The van der Waals surface area contributed by atoms with Gasteiger partial charge < -0.3 is 10.6 Å². The maximum Gasteiger partial charge on any atom is 0.208 e. The van der Waals surface area contributed by atoms with E-state index in [0.29, 0.717) is 32.0 Å². The van der Waals surface area contributed by atoms with Crippen molar-refractivity contribution in [2.75, 3.05) is 26.4 Å². The SMILES string of the molecule is CN=C(NCCCNS(C)(=O)=O)NCc1ccccc1-n1nc(C)cc1C.I. The summed E-state index contributed by atoms with van der Waals surface area (Å²) in [6.45, 7) is 5.62. The van der Waals surface area contributed by atoms with Gasteiger partial charge in [0.25, 0.3) is 0 Å². The first kappa shape index (κ1) is 24.4. The van der Waals surface area contributed by atoms with Gasteiger partial charge in [-0.1, -0.05) is 18.2 Å². The summed E-state index contributed by atoms with van der Waals surface area (Å²) in [5, 5.41) is 11.0. The first-order valence-electron chi connectivity index (χ1n) is 8.81. The number of aromatic nitrogens is 2. The number of aryl methyl sites for hydroxylation is 2. The van der Waals surface area contributed by atoms with E-state index in [9.17, 15) is 8.42 Å². The lowest BCUT2D eigenvalue weighted by molar-refractivity contribution is 0.584. The van der Waals surface area contributed by atoms with Crippen LogP contribution in [0.5, 0.6) is 0 Å². The van der Waals surface area contributed by atoms with Gasteiger partial charge in [-0.2, -0.15) is 5.10 Å². The summed E-state index contributed by atoms with van der Waals surface area (Å²) < 4.78 is 26.5. The number of aliphatic imine (C=N–C) groups is 1. The van der Waals surface area contributed by atoms with Gasteiger partial charge in [0.05, 0.1) is 17.6 Å². The fourth-order valence-electron chi connectivity index (χ4n) is 2.69. The minimum absolute atomic E-state index is 0. The highest BCUT2D eigenvalue weighted by atomic mass is 127. The van der Waals surface area contributed by atoms with E-state index >= 15 is 0 Å². The number of hydrogen-bond donors (Lipinski definition) is 3. The topological polar surface area (TPSA) is 100 Å². The molecular weight excluding hydrogens is 491 g/mol. The normalized spacial score (nSPS) is 11.8. The molecule has 0 aliphatic carbocycles. The Balaban J connectivity index is 0.00000392. The molecule has 2 rings (SSSR count). The zero-order valence-corrected chi connectivity index (χ0v) is 19.8. The molecule has 1 aromatic heterocycles. The Morgan fingerprint density at radius 2 is 1.89 bits per heavy atom. The highest BCUT2D eigenvalue weighted by Gasteiger charge is 2.09. The zero-order valence-electron chi connectivity index (χ0n) is 16.7. The molecule has 0 aliphatic heterocycles. The molecule has 156 valence electrons. The standard InChI is InChI=1S/C18H28N6O2S.HI/c1-14-12-15(2)24(23-14)17-9-6-5-8-16(17)13-21-18(19-3)20-10-7-11-22-27(4,25)26;/h5-6,8-9,12,22H,7,10-11,13H2,1-4H3,(H2,19,20,21);1H.